The molecule has 0 amide bonds. The van der Waals surface area contributed by atoms with Crippen LogP contribution < -0.4 is 9.64 Å². The molecule has 0 atom stereocenters. The van der Waals surface area contributed by atoms with E-state index in [4.69, 9.17) is 19.7 Å². The number of ether oxygens (including phenoxy) is 1. The number of hydrogen-bond donors (Lipinski definition) is 0. The minimum Gasteiger partial charge on any atom is -0.453 e. The molecule has 6 heteroatoms. The van der Waals surface area contributed by atoms with Crippen molar-refractivity contribution in [2.24, 2.45) is 0 Å². The van der Waals surface area contributed by atoms with Gasteiger partial charge in [-0.15, -0.1) is 0 Å². The molecule has 1 aliphatic rings. The minimum atomic E-state index is 0.618. The van der Waals surface area contributed by atoms with E-state index >= 15 is 0 Å². The predicted octanol–water partition coefficient (Wildman–Crippen LogP) is 14.9. The van der Waals surface area contributed by atoms with E-state index in [2.05, 4.69) is 161 Å². The van der Waals surface area contributed by atoms with Gasteiger partial charge in [0, 0.05) is 38.8 Å². The van der Waals surface area contributed by atoms with E-state index in [9.17, 15) is 0 Å². The van der Waals surface area contributed by atoms with Crippen LogP contribution in [0.2, 0.25) is 0 Å². The Hall–Kier alpha value is -8.61. The molecular weight excluding hydrogens is 771 g/mol. The second-order valence-electron chi connectivity index (χ2n) is 15.7. The van der Waals surface area contributed by atoms with E-state index in [1.165, 1.54) is 10.9 Å². The molecule has 0 saturated heterocycles. The van der Waals surface area contributed by atoms with Crippen LogP contribution in [0.15, 0.2) is 224 Å². The molecular formula is C57H37N5O. The molecule has 0 bridgehead atoms. The van der Waals surface area contributed by atoms with Crippen LogP contribution in [0, 0.1) is 0 Å². The summed E-state index contributed by atoms with van der Waals surface area (Å²) in [6.45, 7) is 0. The monoisotopic (exact) mass is 807 g/mol. The summed E-state index contributed by atoms with van der Waals surface area (Å²) in [5.74, 6) is 3.51. The zero-order valence-corrected chi connectivity index (χ0v) is 34.0. The maximum absolute atomic E-state index is 6.68. The molecule has 0 fully saturated rings. The molecule has 63 heavy (non-hydrogen) atoms. The van der Waals surface area contributed by atoms with Gasteiger partial charge in [-0.1, -0.05) is 158 Å². The fourth-order valence-corrected chi connectivity index (χ4v) is 8.82. The number of aromatic nitrogens is 4. The Bertz CT molecular complexity index is 3430. The van der Waals surface area contributed by atoms with Gasteiger partial charge >= 0.3 is 0 Å². The van der Waals surface area contributed by atoms with E-state index in [0.717, 1.165) is 84.0 Å². The summed E-state index contributed by atoms with van der Waals surface area (Å²) in [6.07, 6.45) is 0. The maximum atomic E-state index is 6.68. The van der Waals surface area contributed by atoms with Crippen molar-refractivity contribution in [3.8, 4) is 73.6 Å². The van der Waals surface area contributed by atoms with Gasteiger partial charge in [-0.3, -0.25) is 0 Å². The molecule has 296 valence electrons. The van der Waals surface area contributed by atoms with Crippen LogP contribution in [0.25, 0.3) is 83.9 Å². The standard InChI is InChI=1S/C57H37N5O/c1-4-16-38(17-5-1)41-22-14-24-45(34-41)62-51-28-12-13-29-53(51)63-54-37-43(31-33-52(54)62)42-30-32-50-48(36-42)47-26-10-11-27-49(47)61(50)46-25-15-23-44(35-46)57-59-55(39-18-6-2-7-19-39)58-56(60-57)40-20-8-3-9-21-40/h1-37H. The van der Waals surface area contributed by atoms with Crippen molar-refractivity contribution in [1.29, 1.82) is 0 Å². The summed E-state index contributed by atoms with van der Waals surface area (Å²) < 4.78 is 9.02. The van der Waals surface area contributed by atoms with Crippen molar-refractivity contribution in [1.82, 2.24) is 19.5 Å². The van der Waals surface area contributed by atoms with Gasteiger partial charge in [0.05, 0.1) is 22.4 Å². The lowest BCUT2D eigenvalue weighted by molar-refractivity contribution is 0.477. The smallest absolute Gasteiger partial charge is 0.164 e. The van der Waals surface area contributed by atoms with Crippen LogP contribution in [0.3, 0.4) is 0 Å². The Morgan fingerprint density at radius 3 is 1.56 bits per heavy atom. The second-order valence-corrected chi connectivity index (χ2v) is 15.7. The fourth-order valence-electron chi connectivity index (χ4n) is 8.82. The van der Waals surface area contributed by atoms with Gasteiger partial charge in [0.15, 0.2) is 29.0 Å². The molecule has 2 aromatic heterocycles. The van der Waals surface area contributed by atoms with E-state index in [-0.39, 0.29) is 0 Å². The summed E-state index contributed by atoms with van der Waals surface area (Å²) in [5.41, 5.74) is 13.6. The highest BCUT2D eigenvalue weighted by Gasteiger charge is 2.27. The summed E-state index contributed by atoms with van der Waals surface area (Å²) in [7, 11) is 0. The van der Waals surface area contributed by atoms with Crippen molar-refractivity contribution in [3.63, 3.8) is 0 Å². The zero-order chi connectivity index (χ0) is 41.7. The van der Waals surface area contributed by atoms with E-state index in [0.29, 0.717) is 17.5 Å². The number of anilines is 3. The number of rotatable bonds is 7. The van der Waals surface area contributed by atoms with Crippen molar-refractivity contribution in [2.75, 3.05) is 4.90 Å². The number of fused-ring (bicyclic) bond motifs is 5. The minimum absolute atomic E-state index is 0.618. The SMILES string of the molecule is c1ccc(-c2cccc(N3c4ccccc4Oc4cc(-c5ccc6c(c5)c5ccccc5n6-c5cccc(-c6nc(-c7ccccc7)nc(-c7ccccc7)n6)c5)ccc43)c2)cc1. The number of hydrogen-bond acceptors (Lipinski definition) is 5. The van der Waals surface area contributed by atoms with Gasteiger partial charge in [0.2, 0.25) is 0 Å². The van der Waals surface area contributed by atoms with Crippen molar-refractivity contribution in [2.45, 2.75) is 0 Å². The van der Waals surface area contributed by atoms with Crippen LogP contribution in [0.4, 0.5) is 17.1 Å². The third-order valence-corrected chi connectivity index (χ3v) is 11.8. The Morgan fingerprint density at radius 1 is 0.302 bits per heavy atom. The first-order valence-corrected chi connectivity index (χ1v) is 21.1. The highest BCUT2D eigenvalue weighted by atomic mass is 16.5. The molecule has 1 aliphatic heterocycles. The zero-order valence-electron chi connectivity index (χ0n) is 34.0. The van der Waals surface area contributed by atoms with Crippen LogP contribution >= 0.6 is 0 Å². The molecule has 0 saturated carbocycles. The Labute approximate surface area is 364 Å². The second kappa shape index (κ2) is 15.1. The maximum Gasteiger partial charge on any atom is 0.164 e. The molecule has 6 nitrogen and oxygen atoms in total. The Morgan fingerprint density at radius 2 is 0.810 bits per heavy atom. The van der Waals surface area contributed by atoms with Crippen LogP contribution in [-0.4, -0.2) is 19.5 Å². The average Bonchev–Trinajstić information content (AvgIpc) is 3.70. The quantitative estimate of drug-likeness (QED) is 0.161. The summed E-state index contributed by atoms with van der Waals surface area (Å²) >= 11 is 0. The largest absolute Gasteiger partial charge is 0.453 e. The van der Waals surface area contributed by atoms with Crippen LogP contribution in [0.1, 0.15) is 0 Å². The van der Waals surface area contributed by atoms with Gasteiger partial charge in [-0.25, -0.2) is 15.0 Å². The first kappa shape index (κ1) is 36.3. The fraction of sp³-hybridized carbons (Fsp3) is 0. The van der Waals surface area contributed by atoms with Gasteiger partial charge in [-0.2, -0.15) is 0 Å². The number of nitrogens with zero attached hydrogens (tertiary/aromatic N) is 5. The molecule has 0 aliphatic carbocycles. The van der Waals surface area contributed by atoms with Crippen LogP contribution in [0.5, 0.6) is 11.5 Å². The van der Waals surface area contributed by atoms with E-state index < -0.39 is 0 Å². The van der Waals surface area contributed by atoms with E-state index in [1.807, 2.05) is 72.8 Å². The molecule has 0 spiro atoms. The third-order valence-electron chi connectivity index (χ3n) is 11.8. The molecule has 12 rings (SSSR count). The van der Waals surface area contributed by atoms with Crippen LogP contribution in [-0.2, 0) is 0 Å². The summed E-state index contributed by atoms with van der Waals surface area (Å²) in [6, 6.07) is 78.1. The lowest BCUT2D eigenvalue weighted by atomic mass is 10.0. The van der Waals surface area contributed by atoms with Gasteiger partial charge < -0.3 is 14.2 Å². The van der Waals surface area contributed by atoms with Crippen molar-refractivity contribution < 1.29 is 4.74 Å². The Balaban J connectivity index is 0.945. The highest BCUT2D eigenvalue weighted by Crippen LogP contribution is 2.52. The van der Waals surface area contributed by atoms with Crippen molar-refractivity contribution >= 4 is 38.9 Å². The lowest BCUT2D eigenvalue weighted by Crippen LogP contribution is -2.15. The summed E-state index contributed by atoms with van der Waals surface area (Å²) in [4.78, 5) is 17.3. The van der Waals surface area contributed by atoms with Gasteiger partial charge in [0.25, 0.3) is 0 Å². The number of benzene rings is 9. The Kier molecular flexibility index (Phi) is 8.71. The number of para-hydroxylation sites is 3. The highest BCUT2D eigenvalue weighted by molar-refractivity contribution is 6.10. The first-order chi connectivity index (χ1) is 31.2. The van der Waals surface area contributed by atoms with Crippen molar-refractivity contribution in [3.05, 3.63) is 224 Å². The molecule has 0 unspecified atom stereocenters. The van der Waals surface area contributed by atoms with Gasteiger partial charge in [-0.05, 0) is 89.0 Å². The molecule has 3 heterocycles. The lowest BCUT2D eigenvalue weighted by Gasteiger charge is -2.33. The van der Waals surface area contributed by atoms with Gasteiger partial charge in [0.1, 0.15) is 0 Å². The topological polar surface area (TPSA) is 56.1 Å². The first-order valence-electron chi connectivity index (χ1n) is 21.1. The molecule has 11 aromatic rings. The molecule has 0 radical (unpaired) electrons. The third kappa shape index (κ3) is 6.49. The molecule has 9 aromatic carbocycles. The predicted molar refractivity (Wildman–Crippen MR) is 256 cm³/mol. The average molecular weight is 808 g/mol. The molecule has 0 N–H and O–H groups in total. The summed E-state index contributed by atoms with van der Waals surface area (Å²) in [5, 5.41) is 2.33. The normalized spacial score (nSPS) is 11.9. The van der Waals surface area contributed by atoms with E-state index in [1.54, 1.807) is 0 Å².